The average Bonchev–Trinajstić information content (AvgIpc) is 3.11. The van der Waals surface area contributed by atoms with Crippen LogP contribution in [-0.4, -0.2) is 15.9 Å². The smallest absolute Gasteiger partial charge is 0.233 e. The van der Waals surface area contributed by atoms with Gasteiger partial charge in [0.25, 0.3) is 0 Å². The molecule has 0 radical (unpaired) electrons. The zero-order valence-electron chi connectivity index (χ0n) is 17.8. The highest BCUT2D eigenvalue weighted by atomic mass is 32.1. The predicted molar refractivity (Wildman–Crippen MR) is 124 cm³/mol. The van der Waals surface area contributed by atoms with Gasteiger partial charge in [-0.2, -0.15) is 0 Å². The number of benzene rings is 2. The minimum atomic E-state index is 0.0279. The Morgan fingerprint density at radius 1 is 0.967 bits per heavy atom. The van der Waals surface area contributed by atoms with Gasteiger partial charge in [0.1, 0.15) is 0 Å². The highest BCUT2D eigenvalue weighted by Gasteiger charge is 2.22. The SMILES string of the molecule is Cc1ccc(CC(=O)N(Cc2ccccn2)c2nc3cc(C)c(C)cc3s2)c(C)c1. The fraction of sp³-hybridized carbons (Fsp3) is 0.240. The van der Waals surface area contributed by atoms with Crippen molar-refractivity contribution in [2.24, 2.45) is 0 Å². The Morgan fingerprint density at radius 3 is 2.50 bits per heavy atom. The molecule has 0 N–H and O–H groups in total. The van der Waals surface area contributed by atoms with Crippen molar-refractivity contribution in [2.75, 3.05) is 4.90 Å². The molecule has 0 saturated heterocycles. The molecule has 152 valence electrons. The number of aryl methyl sites for hydroxylation is 4. The molecule has 0 unspecified atom stereocenters. The largest absolute Gasteiger partial charge is 0.282 e. The molecular weight excluding hydrogens is 390 g/mol. The van der Waals surface area contributed by atoms with Gasteiger partial charge in [-0.25, -0.2) is 4.98 Å². The molecule has 1 amide bonds. The third-order valence-corrected chi connectivity index (χ3v) is 6.45. The lowest BCUT2D eigenvalue weighted by Crippen LogP contribution is -2.32. The maximum absolute atomic E-state index is 13.4. The quantitative estimate of drug-likeness (QED) is 0.420. The number of carbonyl (C=O) groups is 1. The summed E-state index contributed by atoms with van der Waals surface area (Å²) < 4.78 is 1.10. The zero-order valence-corrected chi connectivity index (χ0v) is 18.6. The topological polar surface area (TPSA) is 46.1 Å². The second-order valence-corrected chi connectivity index (χ2v) is 8.82. The number of thiazole rings is 1. The van der Waals surface area contributed by atoms with Crippen molar-refractivity contribution in [2.45, 2.75) is 40.7 Å². The van der Waals surface area contributed by atoms with Crippen molar-refractivity contribution in [1.82, 2.24) is 9.97 Å². The molecule has 0 aliphatic rings. The number of hydrogen-bond acceptors (Lipinski definition) is 4. The summed E-state index contributed by atoms with van der Waals surface area (Å²) in [5.41, 5.74) is 7.60. The van der Waals surface area contributed by atoms with Gasteiger partial charge in [0, 0.05) is 6.20 Å². The van der Waals surface area contributed by atoms with Gasteiger partial charge in [0.2, 0.25) is 5.91 Å². The van der Waals surface area contributed by atoms with Crippen LogP contribution >= 0.6 is 11.3 Å². The highest BCUT2D eigenvalue weighted by molar-refractivity contribution is 7.22. The Hall–Kier alpha value is -3.05. The monoisotopic (exact) mass is 415 g/mol. The number of nitrogens with zero attached hydrogens (tertiary/aromatic N) is 3. The number of hydrogen-bond donors (Lipinski definition) is 0. The number of anilines is 1. The second kappa shape index (κ2) is 8.36. The molecule has 2 aromatic carbocycles. The van der Waals surface area contributed by atoms with Gasteiger partial charge in [-0.15, -0.1) is 0 Å². The molecular formula is C25H25N3OS. The van der Waals surface area contributed by atoms with Crippen LogP contribution in [0.1, 0.15) is 33.5 Å². The van der Waals surface area contributed by atoms with Crippen LogP contribution in [0.15, 0.2) is 54.7 Å². The highest BCUT2D eigenvalue weighted by Crippen LogP contribution is 2.32. The van der Waals surface area contributed by atoms with E-state index in [0.29, 0.717) is 13.0 Å². The van der Waals surface area contributed by atoms with Crippen molar-refractivity contribution >= 4 is 32.6 Å². The Kier molecular flexibility index (Phi) is 5.64. The molecule has 4 aromatic rings. The summed E-state index contributed by atoms with van der Waals surface area (Å²) in [6.45, 7) is 8.72. The number of aromatic nitrogens is 2. The van der Waals surface area contributed by atoms with Crippen molar-refractivity contribution < 1.29 is 4.79 Å². The van der Waals surface area contributed by atoms with Gasteiger partial charge in [-0.1, -0.05) is 41.2 Å². The molecule has 0 saturated carbocycles. The summed E-state index contributed by atoms with van der Waals surface area (Å²) in [6, 6.07) is 16.2. The number of carbonyl (C=O) groups excluding carboxylic acids is 1. The summed E-state index contributed by atoms with van der Waals surface area (Å²) in [4.78, 5) is 24.4. The zero-order chi connectivity index (χ0) is 21.3. The van der Waals surface area contributed by atoms with Crippen LogP contribution in [0.4, 0.5) is 5.13 Å². The van der Waals surface area contributed by atoms with Crippen LogP contribution in [0.25, 0.3) is 10.2 Å². The van der Waals surface area contributed by atoms with E-state index in [1.54, 1.807) is 22.4 Å². The minimum Gasteiger partial charge on any atom is -0.282 e. The van der Waals surface area contributed by atoms with E-state index >= 15 is 0 Å². The van der Waals surface area contributed by atoms with Gasteiger partial charge in [0.05, 0.1) is 28.9 Å². The number of pyridine rings is 1. The van der Waals surface area contributed by atoms with E-state index in [2.05, 4.69) is 56.9 Å². The Labute approximate surface area is 181 Å². The first-order chi connectivity index (χ1) is 14.4. The van der Waals surface area contributed by atoms with Crippen molar-refractivity contribution in [3.05, 3.63) is 88.2 Å². The Morgan fingerprint density at radius 2 is 1.77 bits per heavy atom. The van der Waals surface area contributed by atoms with Crippen molar-refractivity contribution in [3.8, 4) is 0 Å². The molecule has 0 aliphatic heterocycles. The molecule has 0 aliphatic carbocycles. The summed E-state index contributed by atoms with van der Waals surface area (Å²) in [5, 5.41) is 0.718. The maximum Gasteiger partial charge on any atom is 0.233 e. The lowest BCUT2D eigenvalue weighted by molar-refractivity contribution is -0.118. The minimum absolute atomic E-state index is 0.0279. The normalized spacial score (nSPS) is 11.1. The maximum atomic E-state index is 13.4. The van der Waals surface area contributed by atoms with E-state index in [0.717, 1.165) is 32.2 Å². The molecule has 30 heavy (non-hydrogen) atoms. The molecule has 4 nitrogen and oxygen atoms in total. The number of rotatable bonds is 5. The van der Waals surface area contributed by atoms with Gasteiger partial charge in [-0.05, 0) is 74.2 Å². The summed E-state index contributed by atoms with van der Waals surface area (Å²) >= 11 is 1.56. The summed E-state index contributed by atoms with van der Waals surface area (Å²) in [6.07, 6.45) is 2.10. The predicted octanol–water partition coefficient (Wildman–Crippen LogP) is 5.70. The van der Waals surface area contributed by atoms with Crippen LogP contribution in [0.3, 0.4) is 0 Å². The summed E-state index contributed by atoms with van der Waals surface area (Å²) in [7, 11) is 0. The van der Waals surface area contributed by atoms with Gasteiger partial charge in [0.15, 0.2) is 5.13 Å². The molecule has 0 spiro atoms. The first-order valence-electron chi connectivity index (χ1n) is 10.0. The Bertz CT molecular complexity index is 1180. The van der Waals surface area contributed by atoms with Crippen LogP contribution in [-0.2, 0) is 17.8 Å². The van der Waals surface area contributed by atoms with E-state index in [4.69, 9.17) is 4.98 Å². The molecule has 2 heterocycles. The van der Waals surface area contributed by atoms with Gasteiger partial charge in [-0.3, -0.25) is 14.7 Å². The van der Waals surface area contributed by atoms with E-state index < -0.39 is 0 Å². The van der Waals surface area contributed by atoms with Gasteiger partial charge >= 0.3 is 0 Å². The first-order valence-corrected chi connectivity index (χ1v) is 10.9. The molecule has 0 fully saturated rings. The van der Waals surface area contributed by atoms with Crippen LogP contribution in [0.2, 0.25) is 0 Å². The fourth-order valence-corrected chi connectivity index (χ4v) is 4.56. The van der Waals surface area contributed by atoms with Crippen LogP contribution < -0.4 is 4.90 Å². The van der Waals surface area contributed by atoms with Crippen LogP contribution in [0, 0.1) is 27.7 Å². The van der Waals surface area contributed by atoms with Crippen LogP contribution in [0.5, 0.6) is 0 Å². The average molecular weight is 416 g/mol. The number of fused-ring (bicyclic) bond motifs is 1. The third kappa shape index (κ3) is 4.26. The van der Waals surface area contributed by atoms with Crippen molar-refractivity contribution in [3.63, 3.8) is 0 Å². The molecule has 2 aromatic heterocycles. The summed E-state index contributed by atoms with van der Waals surface area (Å²) in [5.74, 6) is 0.0279. The lowest BCUT2D eigenvalue weighted by atomic mass is 10.0. The molecule has 4 rings (SSSR count). The standard InChI is InChI=1S/C25H25N3OS/c1-16-8-9-20(19(4)11-16)14-24(29)28(15-21-7-5-6-10-26-21)25-27-22-12-17(2)18(3)13-23(22)30-25/h5-13H,14-15H2,1-4H3. The molecule has 0 atom stereocenters. The van der Waals surface area contributed by atoms with E-state index in [-0.39, 0.29) is 5.91 Å². The first kappa shape index (κ1) is 20.2. The van der Waals surface area contributed by atoms with E-state index in [1.165, 1.54) is 16.7 Å². The Balaban J connectivity index is 1.71. The molecule has 5 heteroatoms. The van der Waals surface area contributed by atoms with Gasteiger partial charge < -0.3 is 0 Å². The fourth-order valence-electron chi connectivity index (χ4n) is 3.50. The van der Waals surface area contributed by atoms with E-state index in [9.17, 15) is 4.79 Å². The molecule has 0 bridgehead atoms. The van der Waals surface area contributed by atoms with Crippen molar-refractivity contribution in [1.29, 1.82) is 0 Å². The lowest BCUT2D eigenvalue weighted by Gasteiger charge is -2.20. The second-order valence-electron chi connectivity index (χ2n) is 7.81. The number of amides is 1. The van der Waals surface area contributed by atoms with E-state index in [1.807, 2.05) is 24.3 Å². The third-order valence-electron chi connectivity index (χ3n) is 5.41.